The van der Waals surface area contributed by atoms with Crippen LogP contribution in [0, 0.1) is 24.2 Å². The van der Waals surface area contributed by atoms with Crippen LogP contribution in [0.5, 0.6) is 0 Å². The number of anilines is 2. The van der Waals surface area contributed by atoms with Crippen LogP contribution in [-0.4, -0.2) is 38.6 Å². The van der Waals surface area contributed by atoms with E-state index in [1.807, 2.05) is 26.0 Å². The number of aromatic nitrogens is 3. The molecule has 1 saturated carbocycles. The topological polar surface area (TPSA) is 115 Å². The summed E-state index contributed by atoms with van der Waals surface area (Å²) in [7, 11) is 0. The second-order valence-electron chi connectivity index (χ2n) is 8.92. The summed E-state index contributed by atoms with van der Waals surface area (Å²) in [4.78, 5) is 27.5. The van der Waals surface area contributed by atoms with Crippen LogP contribution in [0.4, 0.5) is 11.5 Å². The molecule has 2 aliphatic rings. The Labute approximate surface area is 196 Å². The number of piperidine rings is 1. The zero-order valence-electron chi connectivity index (χ0n) is 18.3. The molecule has 3 atom stereocenters. The van der Waals surface area contributed by atoms with Gasteiger partial charge in [-0.1, -0.05) is 17.7 Å². The lowest BCUT2D eigenvalue weighted by Gasteiger charge is -2.29. The molecule has 8 nitrogen and oxygen atoms in total. The van der Waals surface area contributed by atoms with Gasteiger partial charge in [0.1, 0.15) is 11.2 Å². The summed E-state index contributed by atoms with van der Waals surface area (Å²) in [6.45, 7) is 4.81. The molecule has 2 bridgehead atoms. The van der Waals surface area contributed by atoms with E-state index in [2.05, 4.69) is 26.3 Å². The van der Waals surface area contributed by atoms with Crippen LogP contribution in [-0.2, 0) is 0 Å². The highest BCUT2D eigenvalue weighted by Gasteiger charge is 2.39. The molecule has 1 aliphatic heterocycles. The molecule has 1 aromatic carbocycles. The van der Waals surface area contributed by atoms with Crippen molar-refractivity contribution in [1.82, 2.24) is 15.0 Å². The fourth-order valence-electron chi connectivity index (χ4n) is 5.14. The van der Waals surface area contributed by atoms with E-state index in [1.165, 1.54) is 6.42 Å². The third-order valence-electron chi connectivity index (χ3n) is 6.61. The zero-order chi connectivity index (χ0) is 23.3. The van der Waals surface area contributed by atoms with E-state index in [9.17, 15) is 15.2 Å². The predicted molar refractivity (Wildman–Crippen MR) is 126 cm³/mol. The fourth-order valence-corrected chi connectivity index (χ4v) is 5.29. The van der Waals surface area contributed by atoms with Gasteiger partial charge in [-0.25, -0.2) is 19.7 Å². The Morgan fingerprint density at radius 2 is 2.12 bits per heavy atom. The number of aromatic carboxylic acids is 1. The Bertz CT molecular complexity index is 1320. The number of pyridine rings is 1. The summed E-state index contributed by atoms with van der Waals surface area (Å²) in [6.07, 6.45) is 3.50. The van der Waals surface area contributed by atoms with Crippen LogP contribution in [0.15, 0.2) is 24.3 Å². The Morgan fingerprint density at radius 1 is 1.30 bits per heavy atom. The van der Waals surface area contributed by atoms with Gasteiger partial charge in [-0.05, 0) is 62.8 Å². The van der Waals surface area contributed by atoms with Gasteiger partial charge >= 0.3 is 5.97 Å². The average Bonchev–Trinajstić information content (AvgIpc) is 3.42. The summed E-state index contributed by atoms with van der Waals surface area (Å²) in [6, 6.07) is 9.46. The van der Waals surface area contributed by atoms with Crippen molar-refractivity contribution in [3.8, 4) is 6.07 Å². The second kappa shape index (κ2) is 8.16. The van der Waals surface area contributed by atoms with Crippen molar-refractivity contribution in [3.05, 3.63) is 51.9 Å². The van der Waals surface area contributed by atoms with Gasteiger partial charge in [0.15, 0.2) is 17.2 Å². The number of hydrogen-bond donors (Lipinski definition) is 2. The molecule has 1 saturated heterocycles. The van der Waals surface area contributed by atoms with E-state index >= 15 is 0 Å². The molecular weight excluding hydrogens is 440 g/mol. The number of nitriles is 1. The van der Waals surface area contributed by atoms with Crippen molar-refractivity contribution in [2.45, 2.75) is 45.2 Å². The Morgan fingerprint density at radius 3 is 2.79 bits per heavy atom. The van der Waals surface area contributed by atoms with Crippen molar-refractivity contribution >= 4 is 40.1 Å². The molecule has 33 heavy (non-hydrogen) atoms. The first-order valence-corrected chi connectivity index (χ1v) is 11.4. The van der Waals surface area contributed by atoms with E-state index in [-0.39, 0.29) is 16.9 Å². The number of hydrogen-bond acceptors (Lipinski definition) is 7. The minimum absolute atomic E-state index is 0.117. The molecule has 9 heteroatoms. The minimum atomic E-state index is -1.16. The number of nitrogens with one attached hydrogen (secondary N) is 1. The van der Waals surface area contributed by atoms with Gasteiger partial charge in [-0.3, -0.25) is 0 Å². The Kier molecular flexibility index (Phi) is 5.29. The number of fused-ring (bicyclic) bond motifs is 3. The summed E-state index contributed by atoms with van der Waals surface area (Å²) >= 11 is 5.90. The van der Waals surface area contributed by atoms with E-state index < -0.39 is 5.97 Å². The van der Waals surface area contributed by atoms with Crippen LogP contribution in [0.1, 0.15) is 59.5 Å². The zero-order valence-corrected chi connectivity index (χ0v) is 19.1. The number of benzene rings is 1. The lowest BCUT2D eigenvalue weighted by molar-refractivity contribution is 0.0691. The number of carboxylic acids is 1. The standard InChI is InChI=1S/C24H23ClN6O2/c1-12-7-16(13(2)27-17-5-6-20(25)29-22(17)24(32)33)21-18(8-12)28-19(10-26)23(30-21)31-11-14-3-4-15(31)9-14/h5-8,13-15,27H,3-4,9,11H2,1-2H3,(H,32,33)/t13-,14?,15?/m1/s1. The van der Waals surface area contributed by atoms with Gasteiger partial charge in [0.2, 0.25) is 0 Å². The number of carbonyl (C=O) groups is 1. The maximum Gasteiger partial charge on any atom is 0.356 e. The van der Waals surface area contributed by atoms with Crippen LogP contribution in [0.2, 0.25) is 5.15 Å². The van der Waals surface area contributed by atoms with Crippen molar-refractivity contribution in [2.24, 2.45) is 5.92 Å². The van der Waals surface area contributed by atoms with Gasteiger partial charge < -0.3 is 15.3 Å². The maximum atomic E-state index is 11.7. The van der Waals surface area contributed by atoms with Gasteiger partial charge in [0, 0.05) is 18.2 Å². The third-order valence-corrected chi connectivity index (χ3v) is 6.83. The lowest BCUT2D eigenvalue weighted by atomic mass is 10.0. The fraction of sp³-hybridized carbons (Fsp3) is 0.375. The summed E-state index contributed by atoms with van der Waals surface area (Å²) in [5.74, 6) is 0.143. The Balaban J connectivity index is 1.59. The molecule has 1 aliphatic carbocycles. The first-order chi connectivity index (χ1) is 15.8. The molecular formula is C24H23ClN6O2. The van der Waals surface area contributed by atoms with Gasteiger partial charge in [0.05, 0.1) is 22.8 Å². The number of rotatable bonds is 5. The molecule has 0 amide bonds. The molecule has 2 aromatic heterocycles. The molecule has 3 aromatic rings. The average molecular weight is 463 g/mol. The van der Waals surface area contributed by atoms with Crippen molar-refractivity contribution in [1.29, 1.82) is 5.26 Å². The highest BCUT2D eigenvalue weighted by atomic mass is 35.5. The molecule has 2 unspecified atom stereocenters. The van der Waals surface area contributed by atoms with E-state index in [1.54, 1.807) is 12.1 Å². The van der Waals surface area contributed by atoms with Crippen molar-refractivity contribution < 1.29 is 9.90 Å². The normalized spacial score (nSPS) is 20.1. The number of nitrogens with zero attached hydrogens (tertiary/aromatic N) is 5. The van der Waals surface area contributed by atoms with Crippen molar-refractivity contribution in [2.75, 3.05) is 16.8 Å². The molecule has 5 rings (SSSR count). The minimum Gasteiger partial charge on any atom is -0.476 e. The highest BCUT2D eigenvalue weighted by molar-refractivity contribution is 6.29. The van der Waals surface area contributed by atoms with Crippen LogP contribution < -0.4 is 10.2 Å². The number of carboxylic acid groups (broad SMARTS) is 1. The summed E-state index contributed by atoms with van der Waals surface area (Å²) < 4.78 is 0. The lowest BCUT2D eigenvalue weighted by Crippen LogP contribution is -2.33. The van der Waals surface area contributed by atoms with Gasteiger partial charge in [-0.2, -0.15) is 5.26 Å². The second-order valence-corrected chi connectivity index (χ2v) is 9.30. The number of aryl methyl sites for hydroxylation is 1. The van der Waals surface area contributed by atoms with E-state index in [0.29, 0.717) is 40.2 Å². The predicted octanol–water partition coefficient (Wildman–Crippen LogP) is 4.72. The number of halogens is 1. The van der Waals surface area contributed by atoms with Crippen LogP contribution in [0.25, 0.3) is 11.0 Å². The molecule has 0 spiro atoms. The highest BCUT2D eigenvalue weighted by Crippen LogP contribution is 2.41. The smallest absolute Gasteiger partial charge is 0.356 e. The Hall–Kier alpha value is -3.44. The van der Waals surface area contributed by atoms with Crippen LogP contribution in [0.3, 0.4) is 0 Å². The molecule has 3 heterocycles. The molecule has 2 N–H and O–H groups in total. The van der Waals surface area contributed by atoms with Crippen LogP contribution >= 0.6 is 11.6 Å². The first kappa shape index (κ1) is 21.4. The van der Waals surface area contributed by atoms with Gasteiger partial charge in [-0.15, -0.1) is 0 Å². The molecule has 2 fully saturated rings. The largest absolute Gasteiger partial charge is 0.476 e. The molecule has 0 radical (unpaired) electrons. The van der Waals surface area contributed by atoms with Crippen molar-refractivity contribution in [3.63, 3.8) is 0 Å². The SMILES string of the molecule is Cc1cc([C@@H](C)Nc2ccc(Cl)nc2C(=O)O)c2nc(N3CC4CCC3C4)c(C#N)nc2c1. The maximum absolute atomic E-state index is 11.7. The first-order valence-electron chi connectivity index (χ1n) is 11.0. The molecule has 168 valence electrons. The quantitative estimate of drug-likeness (QED) is 0.523. The monoisotopic (exact) mass is 462 g/mol. The van der Waals surface area contributed by atoms with E-state index in [0.717, 1.165) is 30.5 Å². The van der Waals surface area contributed by atoms with Gasteiger partial charge in [0.25, 0.3) is 0 Å². The van der Waals surface area contributed by atoms with E-state index in [4.69, 9.17) is 16.6 Å². The summed E-state index contributed by atoms with van der Waals surface area (Å²) in [5, 5.41) is 22.7. The third kappa shape index (κ3) is 3.83. The summed E-state index contributed by atoms with van der Waals surface area (Å²) in [5.41, 5.74) is 3.78.